The molecule has 0 saturated carbocycles. The number of likely N-dealkylation sites (N-methyl/N-ethyl adjacent to an activating group) is 2. The van der Waals surface area contributed by atoms with E-state index in [1.807, 2.05) is 14.0 Å². The Morgan fingerprint density at radius 2 is 1.68 bits per heavy atom. The van der Waals surface area contributed by atoms with Gasteiger partial charge in [-0.05, 0) is 62.5 Å². The average Bonchev–Trinajstić information content (AvgIpc) is 2.67. The molecule has 0 atom stereocenters. The molecule has 0 saturated heterocycles. The number of hydrogen-bond acceptors (Lipinski definition) is 5. The number of carbonyl (C=O) groups is 1. The number of carbonyl (C=O) groups excluding carboxylic acids is 1. The number of rotatable bonds is 9. The van der Waals surface area contributed by atoms with Gasteiger partial charge in [0.25, 0.3) is 15.9 Å². The lowest BCUT2D eigenvalue weighted by Crippen LogP contribution is -2.32. The van der Waals surface area contributed by atoms with Crippen molar-refractivity contribution in [2.45, 2.75) is 11.8 Å². The molecule has 2 N–H and O–H groups in total. The highest BCUT2D eigenvalue weighted by molar-refractivity contribution is 7.92. The maximum Gasteiger partial charge on any atom is 0.261 e. The van der Waals surface area contributed by atoms with E-state index in [9.17, 15) is 13.2 Å². The van der Waals surface area contributed by atoms with Crippen LogP contribution >= 0.6 is 12.4 Å². The van der Waals surface area contributed by atoms with E-state index in [2.05, 4.69) is 10.0 Å². The Hall–Kier alpha value is -2.29. The van der Waals surface area contributed by atoms with Crippen molar-refractivity contribution in [3.8, 4) is 5.75 Å². The van der Waals surface area contributed by atoms with Gasteiger partial charge in [-0.1, -0.05) is 0 Å². The van der Waals surface area contributed by atoms with Crippen LogP contribution in [0.3, 0.4) is 0 Å². The smallest absolute Gasteiger partial charge is 0.261 e. The Kier molecular flexibility index (Phi) is 9.24. The van der Waals surface area contributed by atoms with Gasteiger partial charge in [0, 0.05) is 31.4 Å². The molecule has 0 heterocycles. The first-order valence-corrected chi connectivity index (χ1v) is 10.1. The number of amides is 1. The first-order valence-electron chi connectivity index (χ1n) is 8.63. The number of sulfonamides is 1. The zero-order valence-electron chi connectivity index (χ0n) is 16.1. The van der Waals surface area contributed by atoms with Crippen molar-refractivity contribution in [3.63, 3.8) is 0 Å². The van der Waals surface area contributed by atoms with Gasteiger partial charge in [0.15, 0.2) is 0 Å². The Labute approximate surface area is 172 Å². The maximum atomic E-state index is 12.5. The van der Waals surface area contributed by atoms with Crippen LogP contribution < -0.4 is 14.8 Å². The van der Waals surface area contributed by atoms with Gasteiger partial charge in [0.2, 0.25) is 0 Å². The third-order valence-electron chi connectivity index (χ3n) is 3.87. The molecule has 2 rings (SSSR count). The summed E-state index contributed by atoms with van der Waals surface area (Å²) in [5.74, 6) is 0.513. The van der Waals surface area contributed by atoms with Crippen molar-refractivity contribution in [3.05, 3.63) is 54.1 Å². The molecule has 0 aromatic heterocycles. The first-order chi connectivity index (χ1) is 12.9. The fraction of sp³-hybridized carbons (Fsp3) is 0.316. The molecule has 0 aliphatic carbocycles. The van der Waals surface area contributed by atoms with Crippen LogP contribution in [0.2, 0.25) is 0 Å². The minimum absolute atomic E-state index is 0. The van der Waals surface area contributed by atoms with Crippen molar-refractivity contribution >= 4 is 34.0 Å². The van der Waals surface area contributed by atoms with Crippen LogP contribution in [-0.4, -0.2) is 53.0 Å². The fourth-order valence-corrected chi connectivity index (χ4v) is 3.44. The Morgan fingerprint density at radius 1 is 1.07 bits per heavy atom. The molecular weight excluding hydrogens is 402 g/mol. The number of nitrogens with zero attached hydrogens (tertiary/aromatic N) is 1. The SMILES string of the molecule is CCOc1ccc(NS(=O)(=O)c2ccc(C(=O)N(C)CCNC)cc2)cc1.Cl. The summed E-state index contributed by atoms with van der Waals surface area (Å²) < 4.78 is 32.9. The van der Waals surface area contributed by atoms with Gasteiger partial charge in [-0.25, -0.2) is 8.42 Å². The molecule has 2 aromatic carbocycles. The molecule has 0 unspecified atom stereocenters. The lowest BCUT2D eigenvalue weighted by Gasteiger charge is -2.17. The molecule has 0 spiro atoms. The summed E-state index contributed by atoms with van der Waals surface area (Å²) in [5.41, 5.74) is 0.874. The summed E-state index contributed by atoms with van der Waals surface area (Å²) in [6.07, 6.45) is 0. The summed E-state index contributed by atoms with van der Waals surface area (Å²) >= 11 is 0. The van der Waals surface area contributed by atoms with Crippen molar-refractivity contribution < 1.29 is 17.9 Å². The zero-order chi connectivity index (χ0) is 19.9. The van der Waals surface area contributed by atoms with Crippen LogP contribution in [0, 0.1) is 0 Å². The minimum Gasteiger partial charge on any atom is -0.494 e. The van der Waals surface area contributed by atoms with Crippen LogP contribution in [0.1, 0.15) is 17.3 Å². The Morgan fingerprint density at radius 3 is 2.21 bits per heavy atom. The van der Waals surface area contributed by atoms with Crippen LogP contribution in [0.4, 0.5) is 5.69 Å². The number of nitrogens with one attached hydrogen (secondary N) is 2. The molecule has 7 nitrogen and oxygen atoms in total. The zero-order valence-corrected chi connectivity index (χ0v) is 17.8. The first kappa shape index (κ1) is 23.7. The predicted octanol–water partition coefficient (Wildman–Crippen LogP) is 2.60. The van der Waals surface area contributed by atoms with E-state index < -0.39 is 10.0 Å². The van der Waals surface area contributed by atoms with Crippen molar-refractivity contribution in [2.75, 3.05) is 38.5 Å². The van der Waals surface area contributed by atoms with E-state index in [-0.39, 0.29) is 23.2 Å². The summed E-state index contributed by atoms with van der Waals surface area (Å²) in [6, 6.07) is 12.6. The number of hydrogen-bond donors (Lipinski definition) is 2. The second-order valence-corrected chi connectivity index (χ2v) is 7.60. The van der Waals surface area contributed by atoms with Gasteiger partial charge < -0.3 is 15.0 Å². The van der Waals surface area contributed by atoms with E-state index in [4.69, 9.17) is 4.74 Å². The molecule has 28 heavy (non-hydrogen) atoms. The molecule has 0 aliphatic rings. The summed E-state index contributed by atoms with van der Waals surface area (Å²) in [7, 11) is -0.220. The Balaban J connectivity index is 0.00000392. The van der Waals surface area contributed by atoms with E-state index in [0.29, 0.717) is 36.7 Å². The van der Waals surface area contributed by atoms with E-state index in [1.54, 1.807) is 36.2 Å². The second-order valence-electron chi connectivity index (χ2n) is 5.92. The van der Waals surface area contributed by atoms with Gasteiger partial charge in [0.1, 0.15) is 5.75 Å². The van der Waals surface area contributed by atoms with Gasteiger partial charge in [-0.2, -0.15) is 0 Å². The molecule has 0 radical (unpaired) electrons. The van der Waals surface area contributed by atoms with Crippen LogP contribution in [-0.2, 0) is 10.0 Å². The van der Waals surface area contributed by atoms with Gasteiger partial charge >= 0.3 is 0 Å². The van der Waals surface area contributed by atoms with E-state index >= 15 is 0 Å². The average molecular weight is 428 g/mol. The van der Waals surface area contributed by atoms with Crippen molar-refractivity contribution in [1.29, 1.82) is 0 Å². The van der Waals surface area contributed by atoms with Crippen molar-refractivity contribution in [1.82, 2.24) is 10.2 Å². The third kappa shape index (κ3) is 6.40. The van der Waals surface area contributed by atoms with Crippen LogP contribution in [0.5, 0.6) is 5.75 Å². The number of anilines is 1. The standard InChI is InChI=1S/C19H25N3O4S.ClH/c1-4-26-17-9-7-16(8-10-17)21-27(24,25)18-11-5-15(6-12-18)19(23)22(3)14-13-20-2;/h5-12,20-21H,4,13-14H2,1-3H3;1H. The van der Waals surface area contributed by atoms with Crippen molar-refractivity contribution in [2.24, 2.45) is 0 Å². The van der Waals surface area contributed by atoms with Crippen LogP contribution in [0.25, 0.3) is 0 Å². The highest BCUT2D eigenvalue weighted by Gasteiger charge is 2.16. The highest BCUT2D eigenvalue weighted by Crippen LogP contribution is 2.20. The van der Waals surface area contributed by atoms with Gasteiger partial charge in [-0.3, -0.25) is 9.52 Å². The summed E-state index contributed by atoms with van der Waals surface area (Å²) in [5, 5.41) is 2.98. The van der Waals surface area contributed by atoms with E-state index in [0.717, 1.165) is 0 Å². The molecule has 2 aromatic rings. The Bertz CT molecular complexity index is 856. The normalized spacial score (nSPS) is 10.7. The number of benzene rings is 2. The quantitative estimate of drug-likeness (QED) is 0.642. The maximum absolute atomic E-state index is 12.5. The lowest BCUT2D eigenvalue weighted by atomic mass is 10.2. The molecule has 0 bridgehead atoms. The van der Waals surface area contributed by atoms with Crippen LogP contribution in [0.15, 0.2) is 53.4 Å². The highest BCUT2D eigenvalue weighted by atomic mass is 35.5. The monoisotopic (exact) mass is 427 g/mol. The summed E-state index contributed by atoms with van der Waals surface area (Å²) in [6.45, 7) is 3.67. The topological polar surface area (TPSA) is 87.7 Å². The molecular formula is C19H26ClN3O4S. The van der Waals surface area contributed by atoms with E-state index in [1.165, 1.54) is 24.3 Å². The largest absolute Gasteiger partial charge is 0.494 e. The molecule has 1 amide bonds. The molecule has 9 heteroatoms. The third-order valence-corrected chi connectivity index (χ3v) is 5.27. The summed E-state index contributed by atoms with van der Waals surface area (Å²) in [4.78, 5) is 14.0. The molecule has 0 aliphatic heterocycles. The van der Waals surface area contributed by atoms with Gasteiger partial charge in [0.05, 0.1) is 11.5 Å². The second kappa shape index (κ2) is 10.9. The number of ether oxygens (including phenoxy) is 1. The fourth-order valence-electron chi connectivity index (χ4n) is 2.38. The number of halogens is 1. The molecule has 154 valence electrons. The molecule has 0 fully saturated rings. The minimum atomic E-state index is -3.74. The predicted molar refractivity (Wildman–Crippen MR) is 113 cm³/mol. The lowest BCUT2D eigenvalue weighted by molar-refractivity contribution is 0.0796. The van der Waals surface area contributed by atoms with Gasteiger partial charge in [-0.15, -0.1) is 12.4 Å².